The van der Waals surface area contributed by atoms with Crippen LogP contribution in [0.1, 0.15) is 5.69 Å². The average Bonchev–Trinajstić information content (AvgIpc) is 3.05. The van der Waals surface area contributed by atoms with Crippen LogP contribution in [0.3, 0.4) is 0 Å². The molecule has 1 aromatic rings. The number of nitrogens with zero attached hydrogens (tertiary/aromatic N) is 3. The molecule has 5 N–H and O–H groups in total. The molecular weight excluding hydrogens is 474 g/mol. The van der Waals surface area contributed by atoms with Crippen molar-refractivity contribution in [3.05, 3.63) is 34.0 Å². The third kappa shape index (κ3) is 4.81. The van der Waals surface area contributed by atoms with Gasteiger partial charge in [0.05, 0.1) is 0 Å². The van der Waals surface area contributed by atoms with Gasteiger partial charge < -0.3 is 26.1 Å². The molecule has 15 heteroatoms. The standard InChI is InChI=1S/C16H14ClN5O7S2/c17-11-8(20-16(18)31-11)9(21-29-4-1-2-7(23)24)12(25)19-10-13(26)22-6(15(27)28)3-5-30-14(10)22/h1-3,10,14H,4-5H2,(H2,18,20)(H,19,25)(H,23,24)(H,27,28)/t10?,14-/m0/s1. The highest BCUT2D eigenvalue weighted by molar-refractivity contribution is 8.00. The predicted molar refractivity (Wildman–Crippen MR) is 112 cm³/mol. The topological polar surface area (TPSA) is 185 Å². The number of hydrogen-bond acceptors (Lipinski definition) is 10. The monoisotopic (exact) mass is 487 g/mol. The SMILES string of the molecule is Nc1nc(C(=NOCC=CC(=O)O)C(=O)NC2C(=O)N3C(C(=O)O)=CCS[C@@H]23)c(Cl)s1. The van der Waals surface area contributed by atoms with Crippen molar-refractivity contribution >= 4 is 69.3 Å². The highest BCUT2D eigenvalue weighted by Crippen LogP contribution is 2.37. The molecule has 1 aromatic heterocycles. The van der Waals surface area contributed by atoms with Gasteiger partial charge in [-0.15, -0.1) is 11.8 Å². The number of fused-ring (bicyclic) bond motifs is 1. The van der Waals surface area contributed by atoms with Crippen LogP contribution in [0, 0.1) is 0 Å². The highest BCUT2D eigenvalue weighted by Gasteiger charge is 2.53. The number of carbonyl (C=O) groups is 4. The minimum Gasteiger partial charge on any atom is -0.478 e. The molecule has 0 bridgehead atoms. The molecule has 31 heavy (non-hydrogen) atoms. The summed E-state index contributed by atoms with van der Waals surface area (Å²) in [4.78, 5) is 57.0. The van der Waals surface area contributed by atoms with Crippen LogP contribution in [-0.4, -0.2) is 73.3 Å². The summed E-state index contributed by atoms with van der Waals surface area (Å²) < 4.78 is 0.0563. The third-order valence-corrected chi connectivity index (χ3v) is 6.25. The van der Waals surface area contributed by atoms with Crippen LogP contribution in [0.15, 0.2) is 29.1 Å². The van der Waals surface area contributed by atoms with Crippen molar-refractivity contribution < 1.29 is 34.2 Å². The number of nitrogens with two attached hydrogens (primary N) is 1. The molecule has 1 fully saturated rings. The van der Waals surface area contributed by atoms with Crippen LogP contribution in [0.5, 0.6) is 0 Å². The lowest BCUT2D eigenvalue weighted by molar-refractivity contribution is -0.150. The predicted octanol–water partition coefficient (Wildman–Crippen LogP) is 0.109. The molecule has 0 aromatic carbocycles. The minimum absolute atomic E-state index is 0.0563. The Morgan fingerprint density at radius 1 is 1.45 bits per heavy atom. The van der Waals surface area contributed by atoms with E-state index >= 15 is 0 Å². The molecule has 0 spiro atoms. The molecule has 3 rings (SSSR count). The number of carbonyl (C=O) groups excluding carboxylic acids is 2. The summed E-state index contributed by atoms with van der Waals surface area (Å²) in [5.41, 5.74) is 5.02. The van der Waals surface area contributed by atoms with Gasteiger partial charge in [-0.1, -0.05) is 28.1 Å². The second-order valence-corrected chi connectivity index (χ2v) is 8.71. The quantitative estimate of drug-likeness (QED) is 0.129. The zero-order valence-electron chi connectivity index (χ0n) is 15.4. The molecule has 2 atom stereocenters. The van der Waals surface area contributed by atoms with Crippen molar-refractivity contribution in [2.75, 3.05) is 18.1 Å². The number of thiazole rings is 1. The summed E-state index contributed by atoms with van der Waals surface area (Å²) >= 11 is 8.24. The lowest BCUT2D eigenvalue weighted by atomic mass is 10.0. The van der Waals surface area contributed by atoms with E-state index in [0.717, 1.165) is 28.4 Å². The first-order valence-corrected chi connectivity index (χ1v) is 10.7. The van der Waals surface area contributed by atoms with E-state index < -0.39 is 35.2 Å². The Kier molecular flexibility index (Phi) is 6.82. The van der Waals surface area contributed by atoms with E-state index in [0.29, 0.717) is 5.75 Å². The first kappa shape index (κ1) is 22.6. The normalized spacial score (nSPS) is 20.7. The van der Waals surface area contributed by atoms with Gasteiger partial charge in [0.25, 0.3) is 11.8 Å². The van der Waals surface area contributed by atoms with E-state index in [-0.39, 0.29) is 33.2 Å². The summed E-state index contributed by atoms with van der Waals surface area (Å²) in [7, 11) is 0. The van der Waals surface area contributed by atoms with Gasteiger partial charge in [-0.05, 0) is 12.2 Å². The summed E-state index contributed by atoms with van der Waals surface area (Å²) in [6, 6.07) is -0.993. The smallest absolute Gasteiger partial charge is 0.352 e. The summed E-state index contributed by atoms with van der Waals surface area (Å²) in [5.74, 6) is -3.50. The molecule has 2 aliphatic rings. The fourth-order valence-corrected chi connectivity index (χ4v) is 4.82. The number of rotatable bonds is 8. The summed E-state index contributed by atoms with van der Waals surface area (Å²) in [6.45, 7) is -0.262. The molecule has 164 valence electrons. The van der Waals surface area contributed by atoms with Gasteiger partial charge >= 0.3 is 11.9 Å². The van der Waals surface area contributed by atoms with Crippen molar-refractivity contribution in [3.63, 3.8) is 0 Å². The summed E-state index contributed by atoms with van der Waals surface area (Å²) in [6.07, 6.45) is 3.41. The lowest BCUT2D eigenvalue weighted by Crippen LogP contribution is -2.70. The number of nitrogens with one attached hydrogen (secondary N) is 1. The molecule has 1 unspecified atom stereocenters. The van der Waals surface area contributed by atoms with Crippen LogP contribution < -0.4 is 11.1 Å². The van der Waals surface area contributed by atoms with E-state index in [1.54, 1.807) is 0 Å². The maximum atomic E-state index is 12.8. The van der Waals surface area contributed by atoms with Gasteiger partial charge in [-0.2, -0.15) is 0 Å². The number of amides is 2. The number of halogens is 1. The number of carboxylic acids is 2. The lowest BCUT2D eigenvalue weighted by Gasteiger charge is -2.48. The Bertz CT molecular complexity index is 1040. The molecule has 12 nitrogen and oxygen atoms in total. The molecule has 0 saturated carbocycles. The van der Waals surface area contributed by atoms with Gasteiger partial charge in [0.2, 0.25) is 0 Å². The maximum Gasteiger partial charge on any atom is 0.352 e. The van der Waals surface area contributed by atoms with Crippen LogP contribution >= 0.6 is 34.7 Å². The van der Waals surface area contributed by atoms with Crippen molar-refractivity contribution in [1.82, 2.24) is 15.2 Å². The number of carboxylic acid groups (broad SMARTS) is 2. The third-order valence-electron chi connectivity index (χ3n) is 3.98. The van der Waals surface area contributed by atoms with E-state index in [2.05, 4.69) is 15.5 Å². The van der Waals surface area contributed by atoms with Gasteiger partial charge in [0.15, 0.2) is 10.8 Å². The molecule has 3 heterocycles. The first-order valence-electron chi connectivity index (χ1n) is 8.41. The summed E-state index contributed by atoms with van der Waals surface area (Å²) in [5, 5.41) is 23.4. The number of oxime groups is 1. The number of nitrogen functional groups attached to an aromatic ring is 1. The second kappa shape index (κ2) is 9.36. The number of aliphatic carboxylic acids is 2. The Balaban J connectivity index is 1.77. The van der Waals surface area contributed by atoms with Gasteiger partial charge in [-0.25, -0.2) is 14.6 Å². The molecule has 2 amide bonds. The van der Waals surface area contributed by atoms with Crippen molar-refractivity contribution in [3.8, 4) is 0 Å². The fraction of sp³-hybridized carbons (Fsp3) is 0.250. The van der Waals surface area contributed by atoms with E-state index in [1.165, 1.54) is 17.8 Å². The highest BCUT2D eigenvalue weighted by atomic mass is 35.5. The fourth-order valence-electron chi connectivity index (χ4n) is 2.70. The molecular formula is C16H14ClN5O7S2. The minimum atomic E-state index is -1.24. The molecule has 1 saturated heterocycles. The zero-order valence-corrected chi connectivity index (χ0v) is 17.7. The maximum absolute atomic E-state index is 12.8. The second-order valence-electron chi connectivity index (χ2n) is 5.93. The number of hydrogen-bond donors (Lipinski definition) is 4. The van der Waals surface area contributed by atoms with Crippen molar-refractivity contribution in [1.29, 1.82) is 0 Å². The average molecular weight is 488 g/mol. The van der Waals surface area contributed by atoms with Gasteiger partial charge in [-0.3, -0.25) is 14.5 Å². The Hall–Kier alpha value is -3.10. The number of aromatic nitrogens is 1. The van der Waals surface area contributed by atoms with Crippen LogP contribution in [0.4, 0.5) is 5.13 Å². The van der Waals surface area contributed by atoms with Crippen LogP contribution in [0.25, 0.3) is 0 Å². The Morgan fingerprint density at radius 2 is 2.19 bits per heavy atom. The van der Waals surface area contributed by atoms with Crippen LogP contribution in [-0.2, 0) is 24.0 Å². The van der Waals surface area contributed by atoms with Gasteiger partial charge in [0.1, 0.15) is 33.7 Å². The molecule has 2 aliphatic heterocycles. The molecule has 0 aliphatic carbocycles. The largest absolute Gasteiger partial charge is 0.478 e. The number of anilines is 1. The number of β-lactam (4-membered cyclic amide) rings is 1. The van der Waals surface area contributed by atoms with Crippen molar-refractivity contribution in [2.24, 2.45) is 5.16 Å². The zero-order chi connectivity index (χ0) is 22.7. The van der Waals surface area contributed by atoms with E-state index in [9.17, 15) is 24.3 Å². The van der Waals surface area contributed by atoms with E-state index in [1.807, 2.05) is 0 Å². The Morgan fingerprint density at radius 3 is 2.81 bits per heavy atom. The molecule has 0 radical (unpaired) electrons. The first-order chi connectivity index (χ1) is 14.7. The van der Waals surface area contributed by atoms with Crippen LogP contribution in [0.2, 0.25) is 4.34 Å². The van der Waals surface area contributed by atoms with E-state index in [4.69, 9.17) is 27.3 Å². The Labute approximate surface area is 187 Å². The van der Waals surface area contributed by atoms with Gasteiger partial charge in [0, 0.05) is 11.8 Å². The van der Waals surface area contributed by atoms with Crippen molar-refractivity contribution in [2.45, 2.75) is 11.4 Å². The number of thioether (sulfide) groups is 1.